The van der Waals surface area contributed by atoms with E-state index in [1.165, 1.54) is 12.8 Å². The standard InChI is InChI=1S/C9H16N2OS/c1-2-10-9(13)11-7-5-6-3-4-8(7)12-6/h6-8H,2-5H2,1H3,(H2,10,11,13). The lowest BCUT2D eigenvalue weighted by Crippen LogP contribution is -2.46. The van der Waals surface area contributed by atoms with Crippen LogP contribution in [0.5, 0.6) is 0 Å². The second-order valence-corrected chi connectivity index (χ2v) is 4.13. The molecule has 2 fully saturated rings. The molecule has 0 aromatic carbocycles. The maximum absolute atomic E-state index is 5.71. The van der Waals surface area contributed by atoms with E-state index >= 15 is 0 Å². The molecule has 2 aliphatic rings. The predicted octanol–water partition coefficient (Wildman–Crippen LogP) is 0.790. The molecule has 2 aliphatic heterocycles. The van der Waals surface area contributed by atoms with Crippen molar-refractivity contribution in [2.75, 3.05) is 6.54 Å². The summed E-state index contributed by atoms with van der Waals surface area (Å²) in [6.07, 6.45) is 4.44. The maximum atomic E-state index is 5.71. The first kappa shape index (κ1) is 9.21. The molecule has 3 nitrogen and oxygen atoms in total. The van der Waals surface area contributed by atoms with E-state index in [-0.39, 0.29) is 0 Å². The third-order valence-electron chi connectivity index (χ3n) is 2.76. The molecule has 3 atom stereocenters. The van der Waals surface area contributed by atoms with E-state index in [1.807, 2.05) is 6.92 Å². The van der Waals surface area contributed by atoms with Gasteiger partial charge >= 0.3 is 0 Å². The van der Waals surface area contributed by atoms with Gasteiger partial charge in [0, 0.05) is 6.54 Å². The fraction of sp³-hybridized carbons (Fsp3) is 0.889. The van der Waals surface area contributed by atoms with E-state index in [2.05, 4.69) is 10.6 Å². The highest BCUT2D eigenvalue weighted by molar-refractivity contribution is 7.80. The highest BCUT2D eigenvalue weighted by Crippen LogP contribution is 2.34. The quantitative estimate of drug-likeness (QED) is 0.646. The summed E-state index contributed by atoms with van der Waals surface area (Å²) in [5.74, 6) is 0. The van der Waals surface area contributed by atoms with Crippen LogP contribution in [0, 0.1) is 0 Å². The smallest absolute Gasteiger partial charge is 0.166 e. The average molecular weight is 200 g/mol. The van der Waals surface area contributed by atoms with Crippen LogP contribution in [-0.2, 0) is 4.74 Å². The van der Waals surface area contributed by atoms with Gasteiger partial charge in [0.1, 0.15) is 0 Å². The average Bonchev–Trinajstić information content (AvgIpc) is 2.65. The summed E-state index contributed by atoms with van der Waals surface area (Å²) in [7, 11) is 0. The van der Waals surface area contributed by atoms with Crippen molar-refractivity contribution in [3.63, 3.8) is 0 Å². The molecule has 2 rings (SSSR count). The van der Waals surface area contributed by atoms with Crippen LogP contribution in [0.15, 0.2) is 0 Å². The zero-order valence-electron chi connectivity index (χ0n) is 7.88. The van der Waals surface area contributed by atoms with Crippen molar-refractivity contribution in [3.8, 4) is 0 Å². The van der Waals surface area contributed by atoms with Crippen LogP contribution >= 0.6 is 12.2 Å². The van der Waals surface area contributed by atoms with Crippen molar-refractivity contribution in [3.05, 3.63) is 0 Å². The number of ether oxygens (including phenoxy) is 1. The number of thiocarbonyl (C=S) groups is 1. The van der Waals surface area contributed by atoms with Crippen molar-refractivity contribution < 1.29 is 4.74 Å². The van der Waals surface area contributed by atoms with Gasteiger partial charge in [-0.1, -0.05) is 0 Å². The Morgan fingerprint density at radius 3 is 2.92 bits per heavy atom. The summed E-state index contributed by atoms with van der Waals surface area (Å²) in [4.78, 5) is 0. The predicted molar refractivity (Wildman–Crippen MR) is 55.7 cm³/mol. The number of nitrogens with one attached hydrogen (secondary N) is 2. The first-order valence-electron chi connectivity index (χ1n) is 4.99. The fourth-order valence-corrected chi connectivity index (χ4v) is 2.47. The largest absolute Gasteiger partial charge is 0.373 e. The van der Waals surface area contributed by atoms with Crippen LogP contribution in [0.2, 0.25) is 0 Å². The van der Waals surface area contributed by atoms with Crippen molar-refractivity contribution >= 4 is 17.3 Å². The Kier molecular flexibility index (Phi) is 2.69. The van der Waals surface area contributed by atoms with Crippen molar-refractivity contribution in [1.29, 1.82) is 0 Å². The second kappa shape index (κ2) is 3.80. The molecule has 2 N–H and O–H groups in total. The third-order valence-corrected chi connectivity index (χ3v) is 3.02. The van der Waals surface area contributed by atoms with E-state index in [9.17, 15) is 0 Å². The van der Waals surface area contributed by atoms with Crippen molar-refractivity contribution in [1.82, 2.24) is 10.6 Å². The first-order chi connectivity index (χ1) is 6.29. The summed E-state index contributed by atoms with van der Waals surface area (Å²) in [5, 5.41) is 7.17. The molecule has 0 aromatic heterocycles. The topological polar surface area (TPSA) is 33.3 Å². The Morgan fingerprint density at radius 1 is 1.54 bits per heavy atom. The van der Waals surface area contributed by atoms with Crippen LogP contribution < -0.4 is 10.6 Å². The molecule has 0 amide bonds. The number of hydrogen-bond acceptors (Lipinski definition) is 2. The summed E-state index contributed by atoms with van der Waals surface area (Å²) in [6.45, 7) is 2.93. The zero-order valence-corrected chi connectivity index (χ0v) is 8.69. The molecule has 0 radical (unpaired) electrons. The fourth-order valence-electron chi connectivity index (χ4n) is 2.17. The van der Waals surface area contributed by atoms with Crippen LogP contribution in [-0.4, -0.2) is 29.9 Å². The molecule has 0 aliphatic carbocycles. The van der Waals surface area contributed by atoms with Crippen molar-refractivity contribution in [2.45, 2.75) is 44.4 Å². The van der Waals surface area contributed by atoms with E-state index in [0.717, 1.165) is 18.1 Å². The van der Waals surface area contributed by atoms with Crippen LogP contribution in [0.3, 0.4) is 0 Å². The highest BCUT2D eigenvalue weighted by atomic mass is 32.1. The molecule has 0 saturated carbocycles. The van der Waals surface area contributed by atoms with Gasteiger partial charge in [-0.15, -0.1) is 0 Å². The summed E-state index contributed by atoms with van der Waals surface area (Å²) in [6, 6.07) is 0.449. The lowest BCUT2D eigenvalue weighted by atomic mass is 9.96. The molecule has 2 heterocycles. The number of rotatable bonds is 2. The minimum Gasteiger partial charge on any atom is -0.373 e. The van der Waals surface area contributed by atoms with Crippen molar-refractivity contribution in [2.24, 2.45) is 0 Å². The van der Waals surface area contributed by atoms with Gasteiger partial charge in [-0.05, 0) is 38.4 Å². The van der Waals surface area contributed by atoms with Crippen LogP contribution in [0.4, 0.5) is 0 Å². The van der Waals surface area contributed by atoms with E-state index in [4.69, 9.17) is 17.0 Å². The van der Waals surface area contributed by atoms with E-state index < -0.39 is 0 Å². The molecule has 13 heavy (non-hydrogen) atoms. The molecule has 4 heteroatoms. The van der Waals surface area contributed by atoms with Gasteiger partial charge in [-0.3, -0.25) is 0 Å². The SMILES string of the molecule is CCNC(=S)NC1CC2CCC1O2. The maximum Gasteiger partial charge on any atom is 0.166 e. The molecule has 0 spiro atoms. The van der Waals surface area contributed by atoms with Gasteiger partial charge in [-0.25, -0.2) is 0 Å². The summed E-state index contributed by atoms with van der Waals surface area (Å²) < 4.78 is 5.71. The Hall–Kier alpha value is -0.350. The molecular formula is C9H16N2OS. The Morgan fingerprint density at radius 2 is 2.38 bits per heavy atom. The van der Waals surface area contributed by atoms with Crippen LogP contribution in [0.1, 0.15) is 26.2 Å². The first-order valence-corrected chi connectivity index (χ1v) is 5.40. The molecule has 0 aromatic rings. The van der Waals surface area contributed by atoms with Gasteiger partial charge in [-0.2, -0.15) is 0 Å². The summed E-state index contributed by atoms with van der Waals surface area (Å²) >= 11 is 5.13. The summed E-state index contributed by atoms with van der Waals surface area (Å²) in [5.41, 5.74) is 0. The van der Waals surface area contributed by atoms with Gasteiger partial charge in [0.15, 0.2) is 5.11 Å². The minimum atomic E-state index is 0.404. The number of fused-ring (bicyclic) bond motifs is 2. The molecule has 2 saturated heterocycles. The van der Waals surface area contributed by atoms with Crippen LogP contribution in [0.25, 0.3) is 0 Å². The van der Waals surface area contributed by atoms with Gasteiger partial charge in [0.25, 0.3) is 0 Å². The normalized spacial score (nSPS) is 36.2. The second-order valence-electron chi connectivity index (χ2n) is 3.72. The van der Waals surface area contributed by atoms with Gasteiger partial charge in [0.2, 0.25) is 0 Å². The minimum absolute atomic E-state index is 0.404. The Labute approximate surface area is 84.2 Å². The third kappa shape index (κ3) is 1.94. The van der Waals surface area contributed by atoms with Gasteiger partial charge < -0.3 is 15.4 Å². The molecule has 3 unspecified atom stereocenters. The molecule has 74 valence electrons. The van der Waals surface area contributed by atoms with Gasteiger partial charge in [0.05, 0.1) is 18.2 Å². The lowest BCUT2D eigenvalue weighted by molar-refractivity contribution is 0.0993. The zero-order chi connectivity index (χ0) is 9.26. The Bertz CT molecular complexity index is 210. The molecule has 2 bridgehead atoms. The van der Waals surface area contributed by atoms with E-state index in [1.54, 1.807) is 0 Å². The highest BCUT2D eigenvalue weighted by Gasteiger charge is 2.40. The van der Waals surface area contributed by atoms with E-state index in [0.29, 0.717) is 18.2 Å². The monoisotopic (exact) mass is 200 g/mol. The number of hydrogen-bond donors (Lipinski definition) is 2. The molecular weight excluding hydrogens is 184 g/mol. The Balaban J connectivity index is 1.79. The lowest BCUT2D eigenvalue weighted by Gasteiger charge is -2.21.